The van der Waals surface area contributed by atoms with Gasteiger partial charge in [0.15, 0.2) is 0 Å². The molecule has 3 N–H and O–H groups in total. The number of sulfonamides is 1. The summed E-state index contributed by atoms with van der Waals surface area (Å²) in [6.45, 7) is 0. The van der Waals surface area contributed by atoms with Gasteiger partial charge in [0.1, 0.15) is 0 Å². The van der Waals surface area contributed by atoms with Crippen LogP contribution in [0.15, 0.2) is 29.2 Å². The predicted molar refractivity (Wildman–Crippen MR) is 87.9 cm³/mol. The number of benzene rings is 1. The summed E-state index contributed by atoms with van der Waals surface area (Å²) in [5.74, 6) is -1.54. The number of carboxylic acid groups (broad SMARTS) is 1. The van der Waals surface area contributed by atoms with Gasteiger partial charge in [-0.2, -0.15) is 0 Å². The van der Waals surface area contributed by atoms with Crippen molar-refractivity contribution in [1.29, 1.82) is 0 Å². The Kier molecular flexibility index (Phi) is 5.95. The molecule has 0 spiro atoms. The monoisotopic (exact) mass is 354 g/mol. The first-order valence-electron chi connectivity index (χ1n) is 7.88. The number of aliphatic carboxylic acids is 1. The molecule has 0 radical (unpaired) electrons. The Hall–Kier alpha value is -1.93. The number of rotatable bonds is 7. The van der Waals surface area contributed by atoms with Crippen LogP contribution in [0.1, 0.15) is 31.2 Å². The second kappa shape index (κ2) is 7.76. The first kappa shape index (κ1) is 18.4. The lowest BCUT2D eigenvalue weighted by Crippen LogP contribution is -2.40. The summed E-state index contributed by atoms with van der Waals surface area (Å²) >= 11 is 0. The second-order valence-electron chi connectivity index (χ2n) is 5.90. The standard InChI is InChI=1S/C16H22N2O5S/c1-17-24(22,23)12-8-5-11(6-9-12)7-10-15(19)18-14-4-2-3-13(14)16(20)21/h5-6,8-9,13-14,17H,2-4,7,10H2,1H3,(H,18,19)(H,20,21)/t13-,14+/m0/s1. The van der Waals surface area contributed by atoms with Crippen LogP contribution in [0.2, 0.25) is 0 Å². The van der Waals surface area contributed by atoms with Gasteiger partial charge in [-0.3, -0.25) is 9.59 Å². The van der Waals surface area contributed by atoms with E-state index in [0.717, 1.165) is 12.0 Å². The maximum absolute atomic E-state index is 12.0. The Labute approximate surface area is 141 Å². The third-order valence-electron chi connectivity index (χ3n) is 4.32. The first-order chi connectivity index (χ1) is 11.3. The van der Waals surface area contributed by atoms with Crippen LogP contribution in [-0.4, -0.2) is 38.5 Å². The molecule has 1 fully saturated rings. The fraction of sp³-hybridized carbons (Fsp3) is 0.500. The fourth-order valence-corrected chi connectivity index (χ4v) is 3.65. The summed E-state index contributed by atoms with van der Waals surface area (Å²) in [5, 5.41) is 11.9. The van der Waals surface area contributed by atoms with E-state index in [4.69, 9.17) is 5.11 Å². The summed E-state index contributed by atoms with van der Waals surface area (Å²) in [7, 11) is -2.11. The number of carbonyl (C=O) groups is 2. The minimum Gasteiger partial charge on any atom is -0.481 e. The second-order valence-corrected chi connectivity index (χ2v) is 7.79. The lowest BCUT2D eigenvalue weighted by atomic mass is 10.0. The molecule has 132 valence electrons. The van der Waals surface area contributed by atoms with Crippen LogP contribution in [0.4, 0.5) is 0 Å². The predicted octanol–water partition coefficient (Wildman–Crippen LogP) is 0.897. The van der Waals surface area contributed by atoms with Crippen molar-refractivity contribution < 1.29 is 23.1 Å². The lowest BCUT2D eigenvalue weighted by molar-refractivity contribution is -0.142. The Morgan fingerprint density at radius 3 is 2.46 bits per heavy atom. The van der Waals surface area contributed by atoms with E-state index in [0.29, 0.717) is 19.3 Å². The average molecular weight is 354 g/mol. The number of amides is 1. The molecule has 2 rings (SSSR count). The van der Waals surface area contributed by atoms with Crippen molar-refractivity contribution in [2.45, 2.75) is 43.0 Å². The number of carboxylic acids is 1. The molecule has 1 aliphatic carbocycles. The topological polar surface area (TPSA) is 113 Å². The fourth-order valence-electron chi connectivity index (χ4n) is 2.92. The van der Waals surface area contributed by atoms with Gasteiger partial charge >= 0.3 is 5.97 Å². The van der Waals surface area contributed by atoms with Gasteiger partial charge in [-0.15, -0.1) is 0 Å². The molecule has 0 aliphatic heterocycles. The van der Waals surface area contributed by atoms with Gasteiger partial charge in [0.2, 0.25) is 15.9 Å². The Balaban J connectivity index is 1.87. The van der Waals surface area contributed by atoms with E-state index in [1.54, 1.807) is 12.1 Å². The number of hydrogen-bond donors (Lipinski definition) is 3. The molecule has 7 nitrogen and oxygen atoms in total. The molecule has 0 heterocycles. The minimum atomic E-state index is -3.46. The van der Waals surface area contributed by atoms with E-state index in [1.807, 2.05) is 0 Å². The maximum atomic E-state index is 12.0. The van der Waals surface area contributed by atoms with Crippen LogP contribution in [0.5, 0.6) is 0 Å². The van der Waals surface area contributed by atoms with Gasteiger partial charge in [0.05, 0.1) is 10.8 Å². The van der Waals surface area contributed by atoms with Crippen molar-refractivity contribution in [3.63, 3.8) is 0 Å². The highest BCUT2D eigenvalue weighted by Gasteiger charge is 2.33. The molecular formula is C16H22N2O5S. The number of nitrogens with one attached hydrogen (secondary N) is 2. The van der Waals surface area contributed by atoms with Crippen molar-refractivity contribution in [3.05, 3.63) is 29.8 Å². The normalized spacial score (nSPS) is 20.7. The number of aryl methyl sites for hydroxylation is 1. The summed E-state index contributed by atoms with van der Waals surface area (Å²) in [6, 6.07) is 6.05. The zero-order valence-corrected chi connectivity index (χ0v) is 14.3. The molecule has 0 aromatic heterocycles. The van der Waals surface area contributed by atoms with Crippen molar-refractivity contribution in [2.75, 3.05) is 7.05 Å². The Morgan fingerprint density at radius 2 is 1.88 bits per heavy atom. The number of hydrogen-bond acceptors (Lipinski definition) is 4. The molecule has 2 atom stereocenters. The van der Waals surface area contributed by atoms with Crippen LogP contribution in [-0.2, 0) is 26.0 Å². The molecule has 0 bridgehead atoms. The summed E-state index contributed by atoms with van der Waals surface area (Å²) in [4.78, 5) is 23.3. The van der Waals surface area contributed by atoms with Crippen LogP contribution in [0, 0.1) is 5.92 Å². The van der Waals surface area contributed by atoms with E-state index in [1.165, 1.54) is 19.2 Å². The van der Waals surface area contributed by atoms with Gasteiger partial charge in [0, 0.05) is 12.5 Å². The highest BCUT2D eigenvalue weighted by Crippen LogP contribution is 2.25. The van der Waals surface area contributed by atoms with E-state index < -0.39 is 21.9 Å². The van der Waals surface area contributed by atoms with Gasteiger partial charge < -0.3 is 10.4 Å². The minimum absolute atomic E-state index is 0.174. The molecule has 1 aromatic rings. The van der Waals surface area contributed by atoms with Crippen LogP contribution in [0.25, 0.3) is 0 Å². The maximum Gasteiger partial charge on any atom is 0.308 e. The van der Waals surface area contributed by atoms with Gasteiger partial charge in [0.25, 0.3) is 0 Å². The summed E-state index contributed by atoms with van der Waals surface area (Å²) in [5.41, 5.74) is 0.849. The smallest absolute Gasteiger partial charge is 0.308 e. The Morgan fingerprint density at radius 1 is 1.21 bits per heavy atom. The van der Waals surface area contributed by atoms with Crippen molar-refractivity contribution >= 4 is 21.9 Å². The molecular weight excluding hydrogens is 332 g/mol. The van der Waals surface area contributed by atoms with Crippen LogP contribution < -0.4 is 10.0 Å². The van der Waals surface area contributed by atoms with Gasteiger partial charge in [-0.05, 0) is 44.0 Å². The number of carbonyl (C=O) groups excluding carboxylic acids is 1. The third kappa shape index (κ3) is 4.55. The Bertz CT molecular complexity index is 700. The van der Waals surface area contributed by atoms with Crippen LogP contribution >= 0.6 is 0 Å². The highest BCUT2D eigenvalue weighted by molar-refractivity contribution is 7.89. The van der Waals surface area contributed by atoms with Crippen LogP contribution in [0.3, 0.4) is 0 Å². The van der Waals surface area contributed by atoms with E-state index in [9.17, 15) is 18.0 Å². The summed E-state index contributed by atoms with van der Waals surface area (Å²) < 4.78 is 25.5. The van der Waals surface area contributed by atoms with Crippen molar-refractivity contribution in [1.82, 2.24) is 10.0 Å². The molecule has 0 unspecified atom stereocenters. The third-order valence-corrected chi connectivity index (χ3v) is 5.75. The molecule has 0 saturated heterocycles. The molecule has 24 heavy (non-hydrogen) atoms. The average Bonchev–Trinajstić information content (AvgIpc) is 3.01. The van der Waals surface area contributed by atoms with Crippen molar-refractivity contribution in [2.24, 2.45) is 5.92 Å². The van der Waals surface area contributed by atoms with E-state index in [-0.39, 0.29) is 23.3 Å². The quantitative estimate of drug-likeness (QED) is 0.673. The zero-order valence-electron chi connectivity index (χ0n) is 13.5. The summed E-state index contributed by atoms with van der Waals surface area (Å²) in [6.07, 6.45) is 2.81. The van der Waals surface area contributed by atoms with Crippen molar-refractivity contribution in [3.8, 4) is 0 Å². The van der Waals surface area contributed by atoms with E-state index >= 15 is 0 Å². The van der Waals surface area contributed by atoms with Gasteiger partial charge in [-0.1, -0.05) is 18.6 Å². The molecule has 1 aliphatic rings. The molecule has 1 saturated carbocycles. The molecule has 1 aromatic carbocycles. The highest BCUT2D eigenvalue weighted by atomic mass is 32.2. The zero-order chi connectivity index (χ0) is 17.7. The molecule has 1 amide bonds. The molecule has 8 heteroatoms. The van der Waals surface area contributed by atoms with Gasteiger partial charge in [-0.25, -0.2) is 13.1 Å². The van der Waals surface area contributed by atoms with E-state index in [2.05, 4.69) is 10.0 Å². The first-order valence-corrected chi connectivity index (χ1v) is 9.36. The lowest BCUT2D eigenvalue weighted by Gasteiger charge is -2.17. The largest absolute Gasteiger partial charge is 0.481 e. The SMILES string of the molecule is CNS(=O)(=O)c1ccc(CCC(=O)N[C@@H]2CCC[C@@H]2C(=O)O)cc1.